The predicted octanol–water partition coefficient (Wildman–Crippen LogP) is 5.17. The lowest BCUT2D eigenvalue weighted by atomic mass is 10.2. The molecule has 1 saturated heterocycles. The first-order valence-corrected chi connectivity index (χ1v) is 11.7. The van der Waals surface area contributed by atoms with E-state index in [2.05, 4.69) is 15.2 Å². The summed E-state index contributed by atoms with van der Waals surface area (Å²) in [6, 6.07) is 14.5. The second-order valence-corrected chi connectivity index (χ2v) is 8.68. The van der Waals surface area contributed by atoms with Crippen LogP contribution in [0, 0.1) is 0 Å². The summed E-state index contributed by atoms with van der Waals surface area (Å²) in [7, 11) is 1.62. The highest BCUT2D eigenvalue weighted by molar-refractivity contribution is 7.98. The topological polar surface area (TPSA) is 67.0 Å². The largest absolute Gasteiger partial charge is 0.497 e. The number of methoxy groups -OCH3 is 1. The smallest absolute Gasteiger partial charge is 0.320 e. The van der Waals surface area contributed by atoms with Gasteiger partial charge in [-0.3, -0.25) is 9.13 Å². The molecule has 2 aromatic carbocycles. The number of hydrogen-bond donors (Lipinski definition) is 0. The van der Waals surface area contributed by atoms with E-state index in [1.807, 2.05) is 28.8 Å². The molecule has 0 spiro atoms. The van der Waals surface area contributed by atoms with Gasteiger partial charge in [0.1, 0.15) is 11.6 Å². The molecule has 0 amide bonds. The molecular formula is C23H23F2N5O2S. The third kappa shape index (κ3) is 4.45. The van der Waals surface area contributed by atoms with Crippen LogP contribution in [0.5, 0.6) is 5.75 Å². The monoisotopic (exact) mass is 471 g/mol. The molecule has 0 N–H and O–H groups in total. The molecule has 0 radical (unpaired) electrons. The van der Waals surface area contributed by atoms with E-state index >= 15 is 0 Å². The fourth-order valence-corrected chi connectivity index (χ4v) is 4.93. The maximum absolute atomic E-state index is 13.8. The standard InChI is InChI=1S/C23H23F2N5O2S/c1-31-16-10-8-15(9-11-16)21-27-28-23(29(21)13-17-5-4-12-32-17)33-14-20-26-18-6-2-3-7-19(18)30(20)22(24)25/h2-3,6-11,17,22H,4-5,12-14H2,1H3. The van der Waals surface area contributed by atoms with Crippen LogP contribution in [0.2, 0.25) is 0 Å². The van der Waals surface area contributed by atoms with E-state index in [-0.39, 0.29) is 11.9 Å². The van der Waals surface area contributed by atoms with Gasteiger partial charge < -0.3 is 9.47 Å². The number of halogens is 2. The summed E-state index contributed by atoms with van der Waals surface area (Å²) in [6.45, 7) is -1.33. The van der Waals surface area contributed by atoms with Crippen LogP contribution in [0.25, 0.3) is 22.4 Å². The van der Waals surface area contributed by atoms with E-state index in [1.165, 1.54) is 11.8 Å². The summed E-state index contributed by atoms with van der Waals surface area (Å²) in [5.41, 5.74) is 1.86. The molecule has 10 heteroatoms. The molecule has 3 heterocycles. The first kappa shape index (κ1) is 21.8. The summed E-state index contributed by atoms with van der Waals surface area (Å²) in [6.07, 6.45) is 2.06. The Morgan fingerprint density at radius 1 is 1.15 bits per heavy atom. The molecule has 33 heavy (non-hydrogen) atoms. The second kappa shape index (κ2) is 9.48. The van der Waals surface area contributed by atoms with Gasteiger partial charge in [-0.05, 0) is 49.2 Å². The van der Waals surface area contributed by atoms with E-state index in [1.54, 1.807) is 31.4 Å². The number of alkyl halides is 2. The molecule has 1 fully saturated rings. The van der Waals surface area contributed by atoms with Crippen molar-refractivity contribution in [2.75, 3.05) is 13.7 Å². The minimum atomic E-state index is -2.67. The number of nitrogens with zero attached hydrogens (tertiary/aromatic N) is 5. The van der Waals surface area contributed by atoms with Crippen LogP contribution in [0.4, 0.5) is 8.78 Å². The molecule has 4 aromatic rings. The van der Waals surface area contributed by atoms with Crippen LogP contribution in [-0.2, 0) is 17.0 Å². The van der Waals surface area contributed by atoms with Crippen molar-refractivity contribution in [1.29, 1.82) is 0 Å². The molecule has 0 aliphatic carbocycles. The number of benzene rings is 2. The van der Waals surface area contributed by atoms with Crippen LogP contribution in [0.1, 0.15) is 25.2 Å². The van der Waals surface area contributed by atoms with Crippen molar-refractivity contribution in [2.45, 2.75) is 42.9 Å². The number of ether oxygens (including phenoxy) is 2. The van der Waals surface area contributed by atoms with Gasteiger partial charge in [0.15, 0.2) is 11.0 Å². The molecule has 1 atom stereocenters. The van der Waals surface area contributed by atoms with E-state index in [4.69, 9.17) is 9.47 Å². The first-order valence-electron chi connectivity index (χ1n) is 10.7. The van der Waals surface area contributed by atoms with Crippen LogP contribution in [0.15, 0.2) is 53.7 Å². The molecule has 172 valence electrons. The zero-order valence-corrected chi connectivity index (χ0v) is 18.8. The third-order valence-electron chi connectivity index (χ3n) is 5.67. The average Bonchev–Trinajstić information content (AvgIpc) is 3.57. The van der Waals surface area contributed by atoms with Gasteiger partial charge in [-0.2, -0.15) is 8.78 Å². The first-order chi connectivity index (χ1) is 16.1. The number of rotatable bonds is 8. The Bertz CT molecular complexity index is 1240. The number of hydrogen-bond acceptors (Lipinski definition) is 6. The molecule has 0 bridgehead atoms. The molecule has 7 nitrogen and oxygen atoms in total. The maximum atomic E-state index is 13.8. The van der Waals surface area contributed by atoms with Crippen LogP contribution in [0.3, 0.4) is 0 Å². The van der Waals surface area contributed by atoms with Crippen LogP contribution >= 0.6 is 11.8 Å². The Morgan fingerprint density at radius 3 is 2.70 bits per heavy atom. The molecule has 0 saturated carbocycles. The van der Waals surface area contributed by atoms with Gasteiger partial charge in [0.05, 0.1) is 36.5 Å². The van der Waals surface area contributed by atoms with Crippen LogP contribution < -0.4 is 4.74 Å². The van der Waals surface area contributed by atoms with E-state index in [9.17, 15) is 8.78 Å². The summed E-state index contributed by atoms with van der Waals surface area (Å²) >= 11 is 1.35. The van der Waals surface area contributed by atoms with Crippen molar-refractivity contribution in [3.63, 3.8) is 0 Å². The summed E-state index contributed by atoms with van der Waals surface area (Å²) < 4.78 is 41.7. The SMILES string of the molecule is COc1ccc(-c2nnc(SCc3nc4ccccc4n3C(F)F)n2CC2CCCO2)cc1. The zero-order chi connectivity index (χ0) is 22.8. The normalized spacial score (nSPS) is 16.2. The molecule has 2 aromatic heterocycles. The highest BCUT2D eigenvalue weighted by atomic mass is 32.2. The quantitative estimate of drug-likeness (QED) is 0.330. The van der Waals surface area contributed by atoms with Gasteiger partial charge in [0.25, 0.3) is 0 Å². The molecule has 5 rings (SSSR count). The fourth-order valence-electron chi connectivity index (χ4n) is 4.05. The fraction of sp³-hybridized carbons (Fsp3) is 0.348. The molecule has 1 aliphatic heterocycles. The summed E-state index contributed by atoms with van der Waals surface area (Å²) in [5.74, 6) is 2.00. The van der Waals surface area contributed by atoms with Crippen molar-refractivity contribution < 1.29 is 18.3 Å². The van der Waals surface area contributed by atoms with Gasteiger partial charge in [0, 0.05) is 12.2 Å². The van der Waals surface area contributed by atoms with Crippen molar-refractivity contribution in [1.82, 2.24) is 24.3 Å². The third-order valence-corrected chi connectivity index (χ3v) is 6.63. The summed E-state index contributed by atoms with van der Waals surface area (Å²) in [4.78, 5) is 4.43. The zero-order valence-electron chi connectivity index (χ0n) is 18.0. The Morgan fingerprint density at radius 2 is 1.97 bits per heavy atom. The predicted molar refractivity (Wildman–Crippen MR) is 122 cm³/mol. The van der Waals surface area contributed by atoms with Gasteiger partial charge >= 0.3 is 6.55 Å². The lowest BCUT2D eigenvalue weighted by Crippen LogP contribution is -2.16. The van der Waals surface area contributed by atoms with Crippen LogP contribution in [-0.4, -0.2) is 44.1 Å². The number of para-hydroxylation sites is 2. The maximum Gasteiger partial charge on any atom is 0.320 e. The average molecular weight is 472 g/mol. The Hall–Kier alpha value is -2.98. The van der Waals surface area contributed by atoms with Gasteiger partial charge in [-0.1, -0.05) is 23.9 Å². The van der Waals surface area contributed by atoms with E-state index < -0.39 is 6.55 Å². The number of imidazole rings is 1. The minimum Gasteiger partial charge on any atom is -0.497 e. The lowest BCUT2D eigenvalue weighted by molar-refractivity contribution is 0.0722. The Kier molecular flexibility index (Phi) is 6.28. The second-order valence-electron chi connectivity index (χ2n) is 7.73. The van der Waals surface area contributed by atoms with Crippen molar-refractivity contribution in [3.8, 4) is 17.1 Å². The highest BCUT2D eigenvalue weighted by Crippen LogP contribution is 2.31. The number of aromatic nitrogens is 5. The van der Waals surface area contributed by atoms with Crippen molar-refractivity contribution >= 4 is 22.8 Å². The van der Waals surface area contributed by atoms with Crippen molar-refractivity contribution in [3.05, 3.63) is 54.4 Å². The van der Waals surface area contributed by atoms with E-state index in [0.717, 1.165) is 35.3 Å². The Labute approximate surface area is 193 Å². The highest BCUT2D eigenvalue weighted by Gasteiger charge is 2.23. The molecular weight excluding hydrogens is 448 g/mol. The van der Waals surface area contributed by atoms with Gasteiger partial charge in [-0.25, -0.2) is 4.98 Å². The molecule has 1 unspecified atom stereocenters. The van der Waals surface area contributed by atoms with Gasteiger partial charge in [-0.15, -0.1) is 10.2 Å². The number of fused-ring (bicyclic) bond motifs is 1. The summed E-state index contributed by atoms with van der Waals surface area (Å²) in [5, 5.41) is 9.44. The van der Waals surface area contributed by atoms with Gasteiger partial charge in [0.2, 0.25) is 0 Å². The molecule has 1 aliphatic rings. The van der Waals surface area contributed by atoms with Crippen molar-refractivity contribution in [2.24, 2.45) is 0 Å². The Balaban J connectivity index is 1.46. The lowest BCUT2D eigenvalue weighted by Gasteiger charge is -2.15. The minimum absolute atomic E-state index is 0.0722. The number of thioether (sulfide) groups is 1. The van der Waals surface area contributed by atoms with E-state index in [0.29, 0.717) is 34.4 Å².